The maximum Gasteiger partial charge on any atom is 0.269 e. The van der Waals surface area contributed by atoms with Crippen molar-refractivity contribution in [2.75, 3.05) is 0 Å². The summed E-state index contributed by atoms with van der Waals surface area (Å²) in [6.45, 7) is 0. The maximum atomic E-state index is 12.1. The Hall–Kier alpha value is -3.19. The standard InChI is InChI=1S/C19H14BrN3O3/c20-15-4-1-3-14(11-15)19(25)23-22-18(24)13-6-8-16(9-7-13)26-17-5-2-10-21-12-17/h1-12H,(H,22,24)(H,23,25). The molecule has 0 aliphatic heterocycles. The van der Waals surface area contributed by atoms with E-state index in [-0.39, 0.29) is 0 Å². The fourth-order valence-corrected chi connectivity index (χ4v) is 2.50. The highest BCUT2D eigenvalue weighted by molar-refractivity contribution is 9.10. The van der Waals surface area contributed by atoms with E-state index in [1.807, 2.05) is 6.07 Å². The van der Waals surface area contributed by atoms with E-state index in [2.05, 4.69) is 31.8 Å². The van der Waals surface area contributed by atoms with Gasteiger partial charge in [-0.2, -0.15) is 0 Å². The summed E-state index contributed by atoms with van der Waals surface area (Å²) < 4.78 is 6.39. The molecular formula is C19H14BrN3O3. The number of ether oxygens (including phenoxy) is 1. The lowest BCUT2D eigenvalue weighted by Gasteiger charge is -2.09. The van der Waals surface area contributed by atoms with Gasteiger partial charge in [-0.05, 0) is 54.6 Å². The van der Waals surface area contributed by atoms with Gasteiger partial charge < -0.3 is 4.74 Å². The molecule has 130 valence electrons. The van der Waals surface area contributed by atoms with Gasteiger partial charge in [-0.3, -0.25) is 25.4 Å². The van der Waals surface area contributed by atoms with Crippen LogP contribution in [0, 0.1) is 0 Å². The fraction of sp³-hybridized carbons (Fsp3) is 0. The molecule has 0 unspecified atom stereocenters. The van der Waals surface area contributed by atoms with Crippen molar-refractivity contribution in [1.29, 1.82) is 0 Å². The fourth-order valence-electron chi connectivity index (χ4n) is 2.11. The maximum absolute atomic E-state index is 12.1. The number of aromatic nitrogens is 1. The van der Waals surface area contributed by atoms with Crippen molar-refractivity contribution in [3.05, 3.63) is 88.7 Å². The van der Waals surface area contributed by atoms with Gasteiger partial charge in [0.05, 0.1) is 6.20 Å². The highest BCUT2D eigenvalue weighted by Crippen LogP contribution is 2.20. The van der Waals surface area contributed by atoms with Gasteiger partial charge in [0.25, 0.3) is 11.8 Å². The molecule has 0 aliphatic carbocycles. The number of carbonyl (C=O) groups is 2. The SMILES string of the molecule is O=C(NNC(=O)c1cccc(Br)c1)c1ccc(Oc2cccnc2)cc1. The number of carbonyl (C=O) groups excluding carboxylic acids is 2. The van der Waals surface area contributed by atoms with Crippen molar-refractivity contribution < 1.29 is 14.3 Å². The molecule has 0 bridgehead atoms. The second-order valence-corrected chi connectivity index (χ2v) is 6.15. The molecule has 0 fully saturated rings. The molecule has 2 amide bonds. The number of nitrogens with one attached hydrogen (secondary N) is 2. The van der Waals surface area contributed by atoms with Gasteiger partial charge in [-0.15, -0.1) is 0 Å². The Morgan fingerprint density at radius 1 is 0.846 bits per heavy atom. The topological polar surface area (TPSA) is 80.3 Å². The van der Waals surface area contributed by atoms with E-state index >= 15 is 0 Å². The van der Waals surface area contributed by atoms with Crippen molar-refractivity contribution in [3.63, 3.8) is 0 Å². The minimum absolute atomic E-state index is 0.387. The molecule has 2 aromatic carbocycles. The number of benzene rings is 2. The van der Waals surface area contributed by atoms with Crippen LogP contribution in [0.1, 0.15) is 20.7 Å². The number of nitrogens with zero attached hydrogens (tertiary/aromatic N) is 1. The Bertz CT molecular complexity index is 915. The molecular weight excluding hydrogens is 398 g/mol. The Balaban J connectivity index is 1.57. The van der Waals surface area contributed by atoms with Crippen LogP contribution in [0.3, 0.4) is 0 Å². The van der Waals surface area contributed by atoms with Crippen molar-refractivity contribution >= 4 is 27.7 Å². The van der Waals surface area contributed by atoms with Crippen LogP contribution in [0.4, 0.5) is 0 Å². The Labute approximate surface area is 158 Å². The minimum atomic E-state index is -0.429. The first-order chi connectivity index (χ1) is 12.6. The number of rotatable bonds is 4. The molecule has 2 N–H and O–H groups in total. The van der Waals surface area contributed by atoms with Crippen molar-refractivity contribution in [1.82, 2.24) is 15.8 Å². The predicted molar refractivity (Wildman–Crippen MR) is 99.8 cm³/mol. The third-order valence-corrected chi connectivity index (χ3v) is 3.86. The quantitative estimate of drug-likeness (QED) is 0.641. The summed E-state index contributed by atoms with van der Waals surface area (Å²) in [5.41, 5.74) is 5.58. The molecule has 0 spiro atoms. The average molecular weight is 412 g/mol. The zero-order chi connectivity index (χ0) is 18.4. The Morgan fingerprint density at radius 2 is 1.58 bits per heavy atom. The Morgan fingerprint density at radius 3 is 2.23 bits per heavy atom. The first kappa shape index (κ1) is 17.6. The summed E-state index contributed by atoms with van der Waals surface area (Å²) in [4.78, 5) is 28.1. The summed E-state index contributed by atoms with van der Waals surface area (Å²) in [7, 11) is 0. The molecule has 0 saturated heterocycles. The van der Waals surface area contributed by atoms with Gasteiger partial charge in [-0.25, -0.2) is 0 Å². The lowest BCUT2D eigenvalue weighted by molar-refractivity contribution is 0.0846. The van der Waals surface area contributed by atoms with Crippen LogP contribution in [0.25, 0.3) is 0 Å². The van der Waals surface area contributed by atoms with Gasteiger partial charge in [-0.1, -0.05) is 22.0 Å². The highest BCUT2D eigenvalue weighted by Gasteiger charge is 2.09. The van der Waals surface area contributed by atoms with E-state index in [4.69, 9.17) is 4.74 Å². The van der Waals surface area contributed by atoms with Crippen molar-refractivity contribution in [3.8, 4) is 11.5 Å². The number of hydrogen-bond donors (Lipinski definition) is 2. The van der Waals surface area contributed by atoms with E-state index in [1.54, 1.807) is 67.0 Å². The van der Waals surface area contributed by atoms with Crippen molar-refractivity contribution in [2.24, 2.45) is 0 Å². The average Bonchev–Trinajstić information content (AvgIpc) is 2.67. The predicted octanol–water partition coefficient (Wildman–Crippen LogP) is 3.71. The molecule has 6 nitrogen and oxygen atoms in total. The van der Waals surface area contributed by atoms with Gasteiger partial charge in [0, 0.05) is 21.8 Å². The summed E-state index contributed by atoms with van der Waals surface area (Å²) >= 11 is 3.29. The summed E-state index contributed by atoms with van der Waals surface area (Å²) in [6, 6.07) is 16.9. The molecule has 7 heteroatoms. The highest BCUT2D eigenvalue weighted by atomic mass is 79.9. The van der Waals surface area contributed by atoms with E-state index in [0.717, 1.165) is 4.47 Å². The number of halogens is 1. The minimum Gasteiger partial charge on any atom is -0.456 e. The van der Waals surface area contributed by atoms with Crippen LogP contribution in [0.15, 0.2) is 77.5 Å². The molecule has 0 radical (unpaired) electrons. The van der Waals surface area contributed by atoms with E-state index < -0.39 is 11.8 Å². The van der Waals surface area contributed by atoms with Gasteiger partial charge in [0.15, 0.2) is 0 Å². The molecule has 26 heavy (non-hydrogen) atoms. The summed E-state index contributed by atoms with van der Waals surface area (Å²) in [5, 5.41) is 0. The molecule has 0 saturated carbocycles. The van der Waals surface area contributed by atoms with Gasteiger partial charge in [0.1, 0.15) is 11.5 Å². The number of hydrazine groups is 1. The van der Waals surface area contributed by atoms with Gasteiger partial charge in [0.2, 0.25) is 0 Å². The molecule has 3 rings (SSSR count). The summed E-state index contributed by atoms with van der Waals surface area (Å²) in [5.74, 6) is 0.344. The zero-order valence-electron chi connectivity index (χ0n) is 13.5. The zero-order valence-corrected chi connectivity index (χ0v) is 15.1. The second kappa shape index (κ2) is 8.26. The third-order valence-electron chi connectivity index (χ3n) is 3.36. The van der Waals surface area contributed by atoms with Crippen LogP contribution >= 0.6 is 15.9 Å². The largest absolute Gasteiger partial charge is 0.456 e. The van der Waals surface area contributed by atoms with Crippen LogP contribution in [-0.2, 0) is 0 Å². The molecule has 1 heterocycles. The van der Waals surface area contributed by atoms with Crippen LogP contribution < -0.4 is 15.6 Å². The molecule has 1 aromatic heterocycles. The van der Waals surface area contributed by atoms with Gasteiger partial charge >= 0.3 is 0 Å². The first-order valence-corrected chi connectivity index (χ1v) is 8.45. The van der Waals surface area contributed by atoms with Crippen molar-refractivity contribution in [2.45, 2.75) is 0 Å². The third kappa shape index (κ3) is 4.67. The Kier molecular flexibility index (Phi) is 5.60. The van der Waals surface area contributed by atoms with Crippen LogP contribution in [0.5, 0.6) is 11.5 Å². The molecule has 0 atom stereocenters. The number of pyridine rings is 1. The van der Waals surface area contributed by atoms with Crippen LogP contribution in [-0.4, -0.2) is 16.8 Å². The van der Waals surface area contributed by atoms with E-state index in [9.17, 15) is 9.59 Å². The van der Waals surface area contributed by atoms with E-state index in [1.165, 1.54) is 0 Å². The molecule has 0 aliphatic rings. The normalized spacial score (nSPS) is 10.0. The lowest BCUT2D eigenvalue weighted by Crippen LogP contribution is -2.41. The number of hydrogen-bond acceptors (Lipinski definition) is 4. The monoisotopic (exact) mass is 411 g/mol. The van der Waals surface area contributed by atoms with Crippen LogP contribution in [0.2, 0.25) is 0 Å². The van der Waals surface area contributed by atoms with E-state index in [0.29, 0.717) is 22.6 Å². The summed E-state index contributed by atoms with van der Waals surface area (Å²) in [6.07, 6.45) is 3.25. The number of amides is 2. The first-order valence-electron chi connectivity index (χ1n) is 7.66. The lowest BCUT2D eigenvalue weighted by atomic mass is 10.2. The molecule has 3 aromatic rings. The second-order valence-electron chi connectivity index (χ2n) is 5.23. The smallest absolute Gasteiger partial charge is 0.269 e.